The first-order chi connectivity index (χ1) is 11.5. The van der Waals surface area contributed by atoms with E-state index in [0.717, 1.165) is 6.07 Å². The van der Waals surface area contributed by atoms with Crippen LogP contribution < -0.4 is 0 Å². The quantitative estimate of drug-likeness (QED) is 0.845. The normalized spacial score (nSPS) is 18.5. The van der Waals surface area contributed by atoms with E-state index in [-0.39, 0.29) is 30.3 Å². The lowest BCUT2D eigenvalue weighted by Gasteiger charge is -2.34. The zero-order valence-corrected chi connectivity index (χ0v) is 12.5. The molecule has 126 valence electrons. The average Bonchev–Trinajstić information content (AvgIpc) is 2.61. The number of ether oxygens (including phenoxy) is 1. The molecule has 1 unspecified atom stereocenters. The van der Waals surface area contributed by atoms with Gasteiger partial charge in [-0.15, -0.1) is 0 Å². The second kappa shape index (κ2) is 6.56. The summed E-state index contributed by atoms with van der Waals surface area (Å²) in [6.45, 7) is 0.478. The molecule has 0 saturated carbocycles. The molecule has 0 aliphatic carbocycles. The van der Waals surface area contributed by atoms with Crippen molar-refractivity contribution < 1.29 is 22.7 Å². The number of rotatable bonds is 2. The van der Waals surface area contributed by atoms with Gasteiger partial charge in [-0.2, -0.15) is 13.2 Å². The highest BCUT2D eigenvalue weighted by molar-refractivity contribution is 5.92. The summed E-state index contributed by atoms with van der Waals surface area (Å²) in [4.78, 5) is 21.6. The van der Waals surface area contributed by atoms with E-state index in [4.69, 9.17) is 4.74 Å². The third kappa shape index (κ3) is 3.38. The van der Waals surface area contributed by atoms with Gasteiger partial charge in [0.2, 0.25) is 0 Å². The van der Waals surface area contributed by atoms with Gasteiger partial charge in [0.25, 0.3) is 5.91 Å². The monoisotopic (exact) mass is 337 g/mol. The Balaban J connectivity index is 1.83. The highest BCUT2D eigenvalue weighted by atomic mass is 19.4. The van der Waals surface area contributed by atoms with E-state index < -0.39 is 17.8 Å². The number of nitrogens with zero attached hydrogens (tertiary/aromatic N) is 3. The fourth-order valence-electron chi connectivity index (χ4n) is 2.63. The first-order valence-corrected chi connectivity index (χ1v) is 7.30. The minimum atomic E-state index is -4.48. The number of amides is 1. The third-order valence-corrected chi connectivity index (χ3v) is 3.75. The molecule has 1 aromatic carbocycles. The van der Waals surface area contributed by atoms with Crippen molar-refractivity contribution in [1.82, 2.24) is 14.9 Å². The van der Waals surface area contributed by atoms with Gasteiger partial charge in [0, 0.05) is 18.9 Å². The van der Waals surface area contributed by atoms with Crippen molar-refractivity contribution in [3.05, 3.63) is 59.7 Å². The Hall–Kier alpha value is -2.48. The summed E-state index contributed by atoms with van der Waals surface area (Å²) < 4.78 is 45.0. The lowest BCUT2D eigenvalue weighted by Crippen LogP contribution is -2.43. The SMILES string of the molecule is O=C(c1cnccn1)N1CCOC(c2ccccc2C(F)(F)F)C1. The van der Waals surface area contributed by atoms with Gasteiger partial charge < -0.3 is 9.64 Å². The fraction of sp³-hybridized carbons (Fsp3) is 0.312. The molecule has 1 atom stereocenters. The number of carbonyl (C=O) groups excluding carboxylic acids is 1. The smallest absolute Gasteiger partial charge is 0.370 e. The predicted molar refractivity (Wildman–Crippen MR) is 78.1 cm³/mol. The van der Waals surface area contributed by atoms with Gasteiger partial charge in [0.1, 0.15) is 11.8 Å². The molecule has 1 saturated heterocycles. The van der Waals surface area contributed by atoms with E-state index in [1.54, 1.807) is 0 Å². The maximum absolute atomic E-state index is 13.2. The Labute approximate surface area is 136 Å². The second-order valence-corrected chi connectivity index (χ2v) is 5.29. The van der Waals surface area contributed by atoms with E-state index in [2.05, 4.69) is 9.97 Å². The maximum Gasteiger partial charge on any atom is 0.416 e. The van der Waals surface area contributed by atoms with Crippen molar-refractivity contribution in [2.24, 2.45) is 0 Å². The number of benzene rings is 1. The van der Waals surface area contributed by atoms with Crippen molar-refractivity contribution in [3.63, 3.8) is 0 Å². The molecule has 1 aromatic heterocycles. The molecule has 5 nitrogen and oxygen atoms in total. The van der Waals surface area contributed by atoms with E-state index in [1.165, 1.54) is 41.7 Å². The standard InChI is InChI=1S/C16H14F3N3O2/c17-16(18,19)12-4-2-1-3-11(12)14-10-22(7-8-24-14)15(23)13-9-20-5-6-21-13/h1-6,9,14H,7-8,10H2. The van der Waals surface area contributed by atoms with Gasteiger partial charge in [0.05, 0.1) is 24.9 Å². The number of hydrogen-bond acceptors (Lipinski definition) is 4. The molecule has 0 radical (unpaired) electrons. The highest BCUT2D eigenvalue weighted by Gasteiger charge is 2.37. The number of aromatic nitrogens is 2. The topological polar surface area (TPSA) is 55.3 Å². The van der Waals surface area contributed by atoms with Crippen LogP contribution in [0, 0.1) is 0 Å². The lowest BCUT2D eigenvalue weighted by atomic mass is 10.0. The molecule has 1 aliphatic rings. The number of halogens is 3. The van der Waals surface area contributed by atoms with Crippen LogP contribution in [0.4, 0.5) is 13.2 Å². The fourth-order valence-corrected chi connectivity index (χ4v) is 2.63. The summed E-state index contributed by atoms with van der Waals surface area (Å²) in [6, 6.07) is 5.25. The van der Waals surface area contributed by atoms with Crippen LogP contribution in [-0.2, 0) is 10.9 Å². The molecule has 8 heteroatoms. The van der Waals surface area contributed by atoms with Crippen molar-refractivity contribution >= 4 is 5.91 Å². The Kier molecular flexibility index (Phi) is 4.48. The largest absolute Gasteiger partial charge is 0.416 e. The molecule has 1 amide bonds. The summed E-state index contributed by atoms with van der Waals surface area (Å²) in [6.07, 6.45) is -1.15. The van der Waals surface area contributed by atoms with Crippen molar-refractivity contribution in [2.75, 3.05) is 19.7 Å². The molecule has 2 heterocycles. The molecule has 3 rings (SSSR count). The van der Waals surface area contributed by atoms with Crippen molar-refractivity contribution in [1.29, 1.82) is 0 Å². The molecule has 1 aliphatic heterocycles. The van der Waals surface area contributed by atoms with Crippen LogP contribution >= 0.6 is 0 Å². The number of morpholine rings is 1. The Morgan fingerprint density at radius 1 is 1.25 bits per heavy atom. The lowest BCUT2D eigenvalue weighted by molar-refractivity contribution is -0.140. The van der Waals surface area contributed by atoms with Crippen LogP contribution in [0.5, 0.6) is 0 Å². The minimum Gasteiger partial charge on any atom is -0.370 e. The maximum atomic E-state index is 13.2. The first kappa shape index (κ1) is 16.4. The Bertz CT molecular complexity index is 722. The zero-order valence-electron chi connectivity index (χ0n) is 12.5. The van der Waals surface area contributed by atoms with E-state index >= 15 is 0 Å². The molecular formula is C16H14F3N3O2. The summed E-state index contributed by atoms with van der Waals surface area (Å²) in [5, 5.41) is 0. The van der Waals surface area contributed by atoms with Gasteiger partial charge >= 0.3 is 6.18 Å². The van der Waals surface area contributed by atoms with E-state index in [1.807, 2.05) is 0 Å². The van der Waals surface area contributed by atoms with Crippen LogP contribution in [0.25, 0.3) is 0 Å². The molecule has 0 N–H and O–H groups in total. The second-order valence-electron chi connectivity index (χ2n) is 5.29. The van der Waals surface area contributed by atoms with Crippen molar-refractivity contribution in [3.8, 4) is 0 Å². The Morgan fingerprint density at radius 3 is 2.75 bits per heavy atom. The number of alkyl halides is 3. The van der Waals surface area contributed by atoms with Gasteiger partial charge in [-0.05, 0) is 11.6 Å². The summed E-state index contributed by atoms with van der Waals surface area (Å²) in [5.74, 6) is -0.374. The van der Waals surface area contributed by atoms with Gasteiger partial charge in [-0.3, -0.25) is 9.78 Å². The highest BCUT2D eigenvalue weighted by Crippen LogP contribution is 2.36. The van der Waals surface area contributed by atoms with Crippen molar-refractivity contribution in [2.45, 2.75) is 12.3 Å². The van der Waals surface area contributed by atoms with Gasteiger partial charge in [-0.1, -0.05) is 18.2 Å². The summed E-state index contributed by atoms with van der Waals surface area (Å²) in [7, 11) is 0. The third-order valence-electron chi connectivity index (χ3n) is 3.75. The van der Waals surface area contributed by atoms with Crippen LogP contribution in [0.1, 0.15) is 27.7 Å². The number of hydrogen-bond donors (Lipinski definition) is 0. The minimum absolute atomic E-state index is 0.0293. The summed E-state index contributed by atoms with van der Waals surface area (Å²) in [5.41, 5.74) is -0.562. The molecule has 24 heavy (non-hydrogen) atoms. The predicted octanol–water partition coefficient (Wildman–Crippen LogP) is 2.71. The van der Waals surface area contributed by atoms with Gasteiger partial charge in [-0.25, -0.2) is 4.98 Å². The average molecular weight is 337 g/mol. The molecule has 2 aromatic rings. The van der Waals surface area contributed by atoms with E-state index in [0.29, 0.717) is 6.54 Å². The Morgan fingerprint density at radius 2 is 2.04 bits per heavy atom. The molecule has 0 spiro atoms. The first-order valence-electron chi connectivity index (χ1n) is 7.30. The number of carbonyl (C=O) groups is 1. The zero-order chi connectivity index (χ0) is 17.2. The molecule has 1 fully saturated rings. The molecule has 0 bridgehead atoms. The van der Waals surface area contributed by atoms with Crippen LogP contribution in [0.3, 0.4) is 0 Å². The van der Waals surface area contributed by atoms with E-state index in [9.17, 15) is 18.0 Å². The van der Waals surface area contributed by atoms with Crippen LogP contribution in [0.2, 0.25) is 0 Å². The van der Waals surface area contributed by atoms with Gasteiger partial charge in [0.15, 0.2) is 0 Å². The van der Waals surface area contributed by atoms with Crippen LogP contribution in [0.15, 0.2) is 42.9 Å². The summed E-state index contributed by atoms with van der Waals surface area (Å²) >= 11 is 0. The molecular weight excluding hydrogens is 323 g/mol. The van der Waals surface area contributed by atoms with Crippen LogP contribution in [-0.4, -0.2) is 40.5 Å².